The minimum Gasteiger partial charge on any atom is -0.389 e. The normalized spacial score (nSPS) is 13.0. The standard InChI is InChI=1S/C16H18ClNO3S/c1-12(19)14-4-2-13(3-5-14)10-11-18-22(20,21)16-8-6-15(17)7-9-16/h2-9,12,18-19H,10-11H2,1H3. The van der Waals surface area contributed by atoms with Crippen molar-refractivity contribution in [1.29, 1.82) is 0 Å². The van der Waals surface area contributed by atoms with Crippen molar-refractivity contribution >= 4 is 21.6 Å². The Morgan fingerprint density at radius 2 is 1.68 bits per heavy atom. The van der Waals surface area contributed by atoms with Crippen molar-refractivity contribution < 1.29 is 13.5 Å². The van der Waals surface area contributed by atoms with E-state index in [-0.39, 0.29) is 4.90 Å². The molecule has 0 saturated heterocycles. The number of hydrogen-bond acceptors (Lipinski definition) is 3. The zero-order valence-corrected chi connectivity index (χ0v) is 13.7. The van der Waals surface area contributed by atoms with Crippen LogP contribution in [0.15, 0.2) is 53.4 Å². The fourth-order valence-corrected chi connectivity index (χ4v) is 3.15. The van der Waals surface area contributed by atoms with Gasteiger partial charge in [-0.2, -0.15) is 0 Å². The fourth-order valence-electron chi connectivity index (χ4n) is 1.99. The first-order valence-corrected chi connectivity index (χ1v) is 8.77. The van der Waals surface area contributed by atoms with Crippen LogP contribution in [0, 0.1) is 0 Å². The van der Waals surface area contributed by atoms with Crippen molar-refractivity contribution in [2.75, 3.05) is 6.54 Å². The van der Waals surface area contributed by atoms with Crippen LogP contribution >= 0.6 is 11.6 Å². The van der Waals surface area contributed by atoms with Crippen LogP contribution in [0.5, 0.6) is 0 Å². The Labute approximate surface area is 135 Å². The van der Waals surface area contributed by atoms with Crippen LogP contribution in [-0.2, 0) is 16.4 Å². The van der Waals surface area contributed by atoms with Gasteiger partial charge < -0.3 is 5.11 Å². The quantitative estimate of drug-likeness (QED) is 0.850. The summed E-state index contributed by atoms with van der Waals surface area (Å²) < 4.78 is 26.7. The first-order chi connectivity index (χ1) is 10.4. The molecule has 2 rings (SSSR count). The number of sulfonamides is 1. The molecule has 0 aliphatic carbocycles. The zero-order valence-electron chi connectivity index (χ0n) is 12.2. The molecule has 6 heteroatoms. The van der Waals surface area contributed by atoms with Gasteiger partial charge >= 0.3 is 0 Å². The Morgan fingerprint density at radius 1 is 1.09 bits per heavy atom. The Hall–Kier alpha value is -1.40. The number of benzene rings is 2. The first-order valence-electron chi connectivity index (χ1n) is 6.90. The van der Waals surface area contributed by atoms with Crippen LogP contribution in [0.4, 0.5) is 0 Å². The number of nitrogens with one attached hydrogen (secondary N) is 1. The van der Waals surface area contributed by atoms with Gasteiger partial charge in [0.25, 0.3) is 0 Å². The lowest BCUT2D eigenvalue weighted by molar-refractivity contribution is 0.199. The minimum absolute atomic E-state index is 0.196. The molecule has 0 heterocycles. The van der Waals surface area contributed by atoms with E-state index in [9.17, 15) is 13.5 Å². The smallest absolute Gasteiger partial charge is 0.240 e. The van der Waals surface area contributed by atoms with Crippen molar-refractivity contribution in [3.63, 3.8) is 0 Å². The molecular formula is C16H18ClNO3S. The summed E-state index contributed by atoms with van der Waals surface area (Å²) in [6.07, 6.45) is 0.0739. The molecule has 0 aromatic heterocycles. The molecule has 118 valence electrons. The number of aliphatic hydroxyl groups is 1. The van der Waals surface area contributed by atoms with Crippen molar-refractivity contribution in [1.82, 2.24) is 4.72 Å². The van der Waals surface area contributed by atoms with Gasteiger partial charge in [0.2, 0.25) is 10.0 Å². The minimum atomic E-state index is -3.52. The van der Waals surface area contributed by atoms with Crippen LogP contribution < -0.4 is 4.72 Å². The van der Waals surface area contributed by atoms with E-state index in [4.69, 9.17) is 11.6 Å². The Bertz CT molecular complexity index is 710. The predicted molar refractivity (Wildman–Crippen MR) is 87.4 cm³/mol. The van der Waals surface area contributed by atoms with E-state index in [2.05, 4.69) is 4.72 Å². The van der Waals surface area contributed by atoms with Crippen LogP contribution in [0.2, 0.25) is 5.02 Å². The van der Waals surface area contributed by atoms with Crippen LogP contribution in [0.1, 0.15) is 24.2 Å². The molecule has 1 unspecified atom stereocenters. The molecule has 2 N–H and O–H groups in total. The van der Waals surface area contributed by atoms with Gasteiger partial charge in [-0.1, -0.05) is 35.9 Å². The van der Waals surface area contributed by atoms with Gasteiger partial charge in [-0.25, -0.2) is 13.1 Å². The lowest BCUT2D eigenvalue weighted by atomic mass is 10.1. The summed E-state index contributed by atoms with van der Waals surface area (Å²) in [4.78, 5) is 0.196. The number of halogens is 1. The maximum absolute atomic E-state index is 12.1. The molecule has 0 spiro atoms. The Kier molecular flexibility index (Phi) is 5.58. The highest BCUT2D eigenvalue weighted by atomic mass is 35.5. The molecule has 22 heavy (non-hydrogen) atoms. The molecule has 0 amide bonds. The highest BCUT2D eigenvalue weighted by Gasteiger charge is 2.12. The molecule has 2 aromatic rings. The van der Waals surface area contributed by atoms with Crippen LogP contribution in [-0.4, -0.2) is 20.1 Å². The van der Waals surface area contributed by atoms with Crippen molar-refractivity contribution in [3.8, 4) is 0 Å². The predicted octanol–water partition coefficient (Wildman–Crippen LogP) is 2.91. The largest absolute Gasteiger partial charge is 0.389 e. The van der Waals surface area contributed by atoms with E-state index < -0.39 is 16.1 Å². The second kappa shape index (κ2) is 7.24. The van der Waals surface area contributed by atoms with E-state index in [0.29, 0.717) is 18.0 Å². The van der Waals surface area contributed by atoms with E-state index in [1.54, 1.807) is 19.1 Å². The lowest BCUT2D eigenvalue weighted by Gasteiger charge is -2.08. The molecule has 0 bridgehead atoms. The number of hydrogen-bond donors (Lipinski definition) is 2. The molecule has 0 saturated carbocycles. The third-order valence-electron chi connectivity index (χ3n) is 3.29. The van der Waals surface area contributed by atoms with E-state index in [0.717, 1.165) is 11.1 Å². The van der Waals surface area contributed by atoms with E-state index in [1.807, 2.05) is 24.3 Å². The Balaban J connectivity index is 1.93. The summed E-state index contributed by atoms with van der Waals surface area (Å²) in [5.74, 6) is 0. The average molecular weight is 340 g/mol. The monoisotopic (exact) mass is 339 g/mol. The van der Waals surface area contributed by atoms with Gasteiger partial charge in [-0.3, -0.25) is 0 Å². The number of rotatable bonds is 6. The van der Waals surface area contributed by atoms with Gasteiger partial charge in [0.1, 0.15) is 0 Å². The third-order valence-corrected chi connectivity index (χ3v) is 5.02. The third kappa shape index (κ3) is 4.55. The average Bonchev–Trinajstić information content (AvgIpc) is 2.48. The molecular weight excluding hydrogens is 322 g/mol. The lowest BCUT2D eigenvalue weighted by Crippen LogP contribution is -2.25. The van der Waals surface area contributed by atoms with E-state index in [1.165, 1.54) is 12.1 Å². The molecule has 1 atom stereocenters. The van der Waals surface area contributed by atoms with Gasteiger partial charge in [0, 0.05) is 11.6 Å². The zero-order chi connectivity index (χ0) is 16.2. The molecule has 0 radical (unpaired) electrons. The highest BCUT2D eigenvalue weighted by Crippen LogP contribution is 2.15. The summed E-state index contributed by atoms with van der Waals surface area (Å²) in [6.45, 7) is 2.01. The summed E-state index contributed by atoms with van der Waals surface area (Å²) in [5, 5.41) is 9.94. The van der Waals surface area contributed by atoms with Crippen molar-refractivity contribution in [2.45, 2.75) is 24.3 Å². The fraction of sp³-hybridized carbons (Fsp3) is 0.250. The molecule has 2 aromatic carbocycles. The molecule has 0 aliphatic heterocycles. The Morgan fingerprint density at radius 3 is 2.23 bits per heavy atom. The van der Waals surface area contributed by atoms with Gasteiger partial charge in [0.05, 0.1) is 11.0 Å². The van der Waals surface area contributed by atoms with Gasteiger partial charge in [-0.05, 0) is 48.7 Å². The van der Waals surface area contributed by atoms with Gasteiger partial charge in [0.15, 0.2) is 0 Å². The summed E-state index contributed by atoms with van der Waals surface area (Å²) in [6, 6.07) is 13.5. The maximum Gasteiger partial charge on any atom is 0.240 e. The van der Waals surface area contributed by atoms with Crippen LogP contribution in [0.25, 0.3) is 0 Å². The first kappa shape index (κ1) is 17.0. The van der Waals surface area contributed by atoms with Crippen molar-refractivity contribution in [2.24, 2.45) is 0 Å². The maximum atomic E-state index is 12.1. The topological polar surface area (TPSA) is 66.4 Å². The summed E-state index contributed by atoms with van der Waals surface area (Å²) in [7, 11) is -3.52. The molecule has 4 nitrogen and oxygen atoms in total. The van der Waals surface area contributed by atoms with E-state index >= 15 is 0 Å². The van der Waals surface area contributed by atoms with Gasteiger partial charge in [-0.15, -0.1) is 0 Å². The second-order valence-corrected chi connectivity index (χ2v) is 7.22. The highest BCUT2D eigenvalue weighted by molar-refractivity contribution is 7.89. The second-order valence-electron chi connectivity index (χ2n) is 5.02. The SMILES string of the molecule is CC(O)c1ccc(CCNS(=O)(=O)c2ccc(Cl)cc2)cc1. The van der Waals surface area contributed by atoms with Crippen LogP contribution in [0.3, 0.4) is 0 Å². The molecule has 0 fully saturated rings. The van der Waals surface area contributed by atoms with Crippen molar-refractivity contribution in [3.05, 3.63) is 64.7 Å². The molecule has 0 aliphatic rings. The number of aliphatic hydroxyl groups excluding tert-OH is 1. The summed E-state index contributed by atoms with van der Waals surface area (Å²) >= 11 is 5.75. The summed E-state index contributed by atoms with van der Waals surface area (Å²) in [5.41, 5.74) is 1.84.